The molecule has 3 aromatic carbocycles. The minimum Gasteiger partial charge on any atom is -0.387 e. The smallest absolute Gasteiger partial charge is 0.224 e. The quantitative estimate of drug-likeness (QED) is 0.756. The van der Waals surface area contributed by atoms with Crippen molar-refractivity contribution in [3.05, 3.63) is 83.7 Å². The molecule has 1 atom stereocenters. The number of carbonyl (C=O) groups is 1. The van der Waals surface area contributed by atoms with E-state index in [0.29, 0.717) is 0 Å². The third-order valence-corrected chi connectivity index (χ3v) is 3.95. The molecule has 0 bridgehead atoms. The molecule has 0 aromatic heterocycles. The first-order valence-corrected chi connectivity index (χ1v) is 7.80. The van der Waals surface area contributed by atoms with Gasteiger partial charge in [-0.25, -0.2) is 4.39 Å². The predicted octanol–water partition coefficient (Wildman–Crippen LogP) is 3.37. The van der Waals surface area contributed by atoms with Gasteiger partial charge in [-0.2, -0.15) is 0 Å². The molecule has 0 radical (unpaired) electrons. The van der Waals surface area contributed by atoms with Gasteiger partial charge in [0.1, 0.15) is 5.82 Å². The number of hydrogen-bond donors (Lipinski definition) is 2. The van der Waals surface area contributed by atoms with E-state index < -0.39 is 6.10 Å². The molecule has 0 saturated heterocycles. The Morgan fingerprint density at radius 3 is 2.50 bits per heavy atom. The van der Waals surface area contributed by atoms with E-state index in [1.54, 1.807) is 12.1 Å². The normalized spacial score (nSPS) is 12.1. The van der Waals surface area contributed by atoms with Gasteiger partial charge < -0.3 is 10.4 Å². The van der Waals surface area contributed by atoms with Crippen molar-refractivity contribution in [2.24, 2.45) is 0 Å². The van der Waals surface area contributed by atoms with Crippen molar-refractivity contribution in [3.8, 4) is 0 Å². The van der Waals surface area contributed by atoms with Gasteiger partial charge in [0.25, 0.3) is 0 Å². The van der Waals surface area contributed by atoms with Crippen molar-refractivity contribution in [3.63, 3.8) is 0 Å². The van der Waals surface area contributed by atoms with Gasteiger partial charge in [0.2, 0.25) is 5.91 Å². The molecule has 0 saturated carbocycles. The fraction of sp³-hybridized carbons (Fsp3) is 0.150. The van der Waals surface area contributed by atoms with Gasteiger partial charge >= 0.3 is 0 Å². The molecule has 122 valence electrons. The zero-order valence-corrected chi connectivity index (χ0v) is 13.1. The minimum absolute atomic E-state index is 0.133. The Morgan fingerprint density at radius 2 is 1.71 bits per heavy atom. The first kappa shape index (κ1) is 16.1. The summed E-state index contributed by atoms with van der Waals surface area (Å²) in [7, 11) is 0. The van der Waals surface area contributed by atoms with Gasteiger partial charge in [0.15, 0.2) is 0 Å². The number of rotatable bonds is 5. The average molecular weight is 323 g/mol. The van der Waals surface area contributed by atoms with Gasteiger partial charge in [0.05, 0.1) is 12.5 Å². The number of benzene rings is 3. The summed E-state index contributed by atoms with van der Waals surface area (Å²) in [5.74, 6) is -0.536. The summed E-state index contributed by atoms with van der Waals surface area (Å²) >= 11 is 0. The zero-order valence-electron chi connectivity index (χ0n) is 13.1. The monoisotopic (exact) mass is 323 g/mol. The Morgan fingerprint density at radius 1 is 1.00 bits per heavy atom. The summed E-state index contributed by atoms with van der Waals surface area (Å²) in [6.45, 7) is 0.133. The third kappa shape index (κ3) is 3.78. The van der Waals surface area contributed by atoms with E-state index in [0.717, 1.165) is 21.9 Å². The van der Waals surface area contributed by atoms with E-state index in [2.05, 4.69) is 5.32 Å². The second-order valence-corrected chi connectivity index (χ2v) is 5.69. The molecule has 0 fully saturated rings. The Labute approximate surface area is 139 Å². The highest BCUT2D eigenvalue weighted by molar-refractivity contribution is 5.86. The van der Waals surface area contributed by atoms with Crippen molar-refractivity contribution in [2.75, 3.05) is 6.54 Å². The van der Waals surface area contributed by atoms with Crippen LogP contribution < -0.4 is 5.32 Å². The lowest BCUT2D eigenvalue weighted by atomic mass is 10.0. The number of aliphatic hydroxyl groups excluding tert-OH is 1. The maximum atomic E-state index is 12.9. The lowest BCUT2D eigenvalue weighted by Crippen LogP contribution is -2.29. The molecule has 24 heavy (non-hydrogen) atoms. The lowest BCUT2D eigenvalue weighted by Gasteiger charge is -2.15. The Hall–Kier alpha value is -2.72. The Balaban J connectivity index is 1.63. The number of amides is 1. The molecule has 4 heteroatoms. The van der Waals surface area contributed by atoms with E-state index in [-0.39, 0.29) is 24.7 Å². The molecule has 0 aliphatic rings. The first-order chi connectivity index (χ1) is 11.6. The molecule has 3 rings (SSSR count). The van der Waals surface area contributed by atoms with Crippen LogP contribution in [0, 0.1) is 5.82 Å². The molecule has 3 aromatic rings. The highest BCUT2D eigenvalue weighted by atomic mass is 19.1. The predicted molar refractivity (Wildman–Crippen MR) is 92.0 cm³/mol. The topological polar surface area (TPSA) is 49.3 Å². The average Bonchev–Trinajstić information content (AvgIpc) is 2.61. The second-order valence-electron chi connectivity index (χ2n) is 5.69. The van der Waals surface area contributed by atoms with Crippen LogP contribution in [0.3, 0.4) is 0 Å². The summed E-state index contributed by atoms with van der Waals surface area (Å²) < 4.78 is 12.9. The molecule has 0 aliphatic carbocycles. The van der Waals surface area contributed by atoms with Gasteiger partial charge in [0, 0.05) is 6.54 Å². The maximum absolute atomic E-state index is 12.9. The Kier molecular flexibility index (Phi) is 4.87. The van der Waals surface area contributed by atoms with Crippen LogP contribution in [-0.4, -0.2) is 17.6 Å². The lowest BCUT2D eigenvalue weighted by molar-refractivity contribution is -0.120. The van der Waals surface area contributed by atoms with Crippen molar-refractivity contribution in [2.45, 2.75) is 12.5 Å². The Bertz CT molecular complexity index is 840. The zero-order chi connectivity index (χ0) is 16.9. The van der Waals surface area contributed by atoms with E-state index >= 15 is 0 Å². The van der Waals surface area contributed by atoms with Crippen LogP contribution in [0.5, 0.6) is 0 Å². The summed E-state index contributed by atoms with van der Waals surface area (Å²) in [6.07, 6.45) is -0.629. The number of fused-ring (bicyclic) bond motifs is 1. The van der Waals surface area contributed by atoms with Crippen LogP contribution >= 0.6 is 0 Å². The summed E-state index contributed by atoms with van der Waals surface area (Å²) in [5, 5.41) is 15.2. The molecule has 0 heterocycles. The van der Waals surface area contributed by atoms with Gasteiger partial charge in [-0.3, -0.25) is 4.79 Å². The van der Waals surface area contributed by atoms with Crippen LogP contribution in [-0.2, 0) is 11.2 Å². The van der Waals surface area contributed by atoms with Gasteiger partial charge in [-0.1, -0.05) is 54.6 Å². The summed E-state index contributed by atoms with van der Waals surface area (Å²) in [6, 6.07) is 19.4. The molecule has 1 unspecified atom stereocenters. The van der Waals surface area contributed by atoms with Crippen molar-refractivity contribution >= 4 is 16.7 Å². The standard InChI is InChI=1S/C20H18FNO2/c21-16-10-8-14(9-11-16)12-20(24)22-13-19(23)18-7-3-5-15-4-1-2-6-17(15)18/h1-11,19,23H,12-13H2,(H,22,24). The second kappa shape index (κ2) is 7.23. The van der Waals surface area contributed by atoms with E-state index in [4.69, 9.17) is 0 Å². The van der Waals surface area contributed by atoms with Gasteiger partial charge in [-0.15, -0.1) is 0 Å². The minimum atomic E-state index is -0.784. The summed E-state index contributed by atoms with van der Waals surface area (Å²) in [4.78, 5) is 12.0. The molecular weight excluding hydrogens is 305 g/mol. The number of halogens is 1. The van der Waals surface area contributed by atoms with Crippen molar-refractivity contribution < 1.29 is 14.3 Å². The number of carbonyl (C=O) groups excluding carboxylic acids is 1. The van der Waals surface area contributed by atoms with E-state index in [9.17, 15) is 14.3 Å². The third-order valence-electron chi connectivity index (χ3n) is 3.95. The van der Waals surface area contributed by atoms with Crippen LogP contribution in [0.1, 0.15) is 17.2 Å². The summed E-state index contributed by atoms with van der Waals surface area (Å²) in [5.41, 5.74) is 1.52. The molecule has 2 N–H and O–H groups in total. The van der Waals surface area contributed by atoms with Crippen LogP contribution in [0.15, 0.2) is 66.7 Å². The highest BCUT2D eigenvalue weighted by Gasteiger charge is 2.12. The molecule has 0 spiro atoms. The van der Waals surface area contributed by atoms with Crippen molar-refractivity contribution in [1.82, 2.24) is 5.32 Å². The SMILES string of the molecule is O=C(Cc1ccc(F)cc1)NCC(O)c1cccc2ccccc12. The number of nitrogens with one attached hydrogen (secondary N) is 1. The van der Waals surface area contributed by atoms with Crippen LogP contribution in [0.2, 0.25) is 0 Å². The van der Waals surface area contributed by atoms with E-state index in [1.807, 2.05) is 42.5 Å². The van der Waals surface area contributed by atoms with E-state index in [1.165, 1.54) is 12.1 Å². The molecule has 3 nitrogen and oxygen atoms in total. The van der Waals surface area contributed by atoms with Crippen LogP contribution in [0.4, 0.5) is 4.39 Å². The highest BCUT2D eigenvalue weighted by Crippen LogP contribution is 2.23. The van der Waals surface area contributed by atoms with Gasteiger partial charge in [-0.05, 0) is 34.0 Å². The van der Waals surface area contributed by atoms with Crippen molar-refractivity contribution in [1.29, 1.82) is 0 Å². The number of aliphatic hydroxyl groups is 1. The fourth-order valence-electron chi connectivity index (χ4n) is 2.71. The molecule has 0 aliphatic heterocycles. The molecular formula is C20H18FNO2. The maximum Gasteiger partial charge on any atom is 0.224 e. The first-order valence-electron chi connectivity index (χ1n) is 7.80. The van der Waals surface area contributed by atoms with Crippen LogP contribution in [0.25, 0.3) is 10.8 Å². The number of hydrogen-bond acceptors (Lipinski definition) is 2. The largest absolute Gasteiger partial charge is 0.387 e. The molecule has 1 amide bonds. The fourth-order valence-corrected chi connectivity index (χ4v) is 2.71.